The van der Waals surface area contributed by atoms with Gasteiger partial charge in [-0.05, 0) is 32.6 Å². The van der Waals surface area contributed by atoms with E-state index in [1.54, 1.807) is 20.0 Å². The Balaban J connectivity index is 1.97. The van der Waals surface area contributed by atoms with E-state index in [-0.39, 0.29) is 12.5 Å². The zero-order valence-corrected chi connectivity index (χ0v) is 15.5. The summed E-state index contributed by atoms with van der Waals surface area (Å²) in [7, 11) is 0. The third kappa shape index (κ3) is 3.76. The van der Waals surface area contributed by atoms with Crippen LogP contribution in [0.5, 0.6) is 0 Å². The van der Waals surface area contributed by atoms with Crippen LogP contribution in [0.1, 0.15) is 32.3 Å². The van der Waals surface area contributed by atoms with Crippen LogP contribution < -0.4 is 9.80 Å². The van der Waals surface area contributed by atoms with Crippen LogP contribution >= 0.6 is 0 Å². The van der Waals surface area contributed by atoms with E-state index >= 15 is 0 Å². The molecule has 144 valence electrons. The van der Waals surface area contributed by atoms with Gasteiger partial charge in [0.15, 0.2) is 0 Å². The Bertz CT molecular complexity index is 646. The average Bonchev–Trinajstić information content (AvgIpc) is 2.68. The van der Waals surface area contributed by atoms with Gasteiger partial charge in [0.2, 0.25) is 5.95 Å². The molecule has 0 aromatic carbocycles. The number of piperidine rings is 1. The summed E-state index contributed by atoms with van der Waals surface area (Å²) >= 11 is 0. The van der Waals surface area contributed by atoms with Crippen molar-refractivity contribution in [2.75, 3.05) is 55.8 Å². The molecule has 0 amide bonds. The predicted octanol–water partition coefficient (Wildman–Crippen LogP) is 0.884. The molecule has 2 fully saturated rings. The second-order valence-electron chi connectivity index (χ2n) is 7.57. The van der Waals surface area contributed by atoms with Crippen LogP contribution in [0.15, 0.2) is 6.20 Å². The summed E-state index contributed by atoms with van der Waals surface area (Å²) in [6.45, 7) is 7.65. The van der Waals surface area contributed by atoms with Gasteiger partial charge >= 0.3 is 5.97 Å². The van der Waals surface area contributed by atoms with Gasteiger partial charge in [-0.15, -0.1) is 0 Å². The molecule has 0 saturated carbocycles. The smallest absolute Gasteiger partial charge is 0.313 e. The zero-order valence-electron chi connectivity index (χ0n) is 15.5. The van der Waals surface area contributed by atoms with Crippen molar-refractivity contribution in [3.63, 3.8) is 0 Å². The first-order valence-corrected chi connectivity index (χ1v) is 9.23. The minimum Gasteiger partial charge on any atom is -0.481 e. The van der Waals surface area contributed by atoms with Gasteiger partial charge in [-0.25, -0.2) is 4.98 Å². The first-order valence-electron chi connectivity index (χ1n) is 9.23. The highest BCUT2D eigenvalue weighted by atomic mass is 16.5. The van der Waals surface area contributed by atoms with Gasteiger partial charge in [-0.1, -0.05) is 0 Å². The molecule has 8 nitrogen and oxygen atoms in total. The van der Waals surface area contributed by atoms with Crippen molar-refractivity contribution in [2.24, 2.45) is 5.92 Å². The molecule has 0 radical (unpaired) electrons. The Hall–Kier alpha value is -1.93. The number of rotatable bonds is 5. The number of ether oxygens (including phenoxy) is 1. The number of nitrogens with zero attached hydrogens (tertiary/aromatic N) is 4. The predicted molar refractivity (Wildman–Crippen MR) is 97.7 cm³/mol. The van der Waals surface area contributed by atoms with E-state index in [4.69, 9.17) is 9.72 Å². The highest BCUT2D eigenvalue weighted by molar-refractivity contribution is 5.82. The Morgan fingerprint density at radius 3 is 2.69 bits per heavy atom. The SMILES string of the molecule is CC(C)(C(=O)O)c1cnc(N2CCCC(CO)C2)nc1N1CCOCC1. The van der Waals surface area contributed by atoms with E-state index < -0.39 is 11.4 Å². The van der Waals surface area contributed by atoms with Gasteiger partial charge in [0, 0.05) is 44.5 Å². The van der Waals surface area contributed by atoms with Crippen LogP contribution in [0, 0.1) is 5.92 Å². The van der Waals surface area contributed by atoms with Crippen molar-refractivity contribution < 1.29 is 19.7 Å². The highest BCUT2D eigenvalue weighted by Crippen LogP contribution is 2.33. The molecular formula is C18H28N4O4. The number of carboxylic acid groups (broad SMARTS) is 1. The van der Waals surface area contributed by atoms with Crippen molar-refractivity contribution in [2.45, 2.75) is 32.1 Å². The lowest BCUT2D eigenvalue weighted by Gasteiger charge is -2.35. The number of carboxylic acids is 1. The van der Waals surface area contributed by atoms with Crippen molar-refractivity contribution in [3.8, 4) is 0 Å². The molecule has 2 saturated heterocycles. The number of hydrogen-bond donors (Lipinski definition) is 2. The molecule has 1 aromatic heterocycles. The lowest BCUT2D eigenvalue weighted by Crippen LogP contribution is -2.41. The van der Waals surface area contributed by atoms with Gasteiger partial charge < -0.3 is 24.7 Å². The summed E-state index contributed by atoms with van der Waals surface area (Å²) in [4.78, 5) is 25.2. The number of morpholine rings is 1. The van der Waals surface area contributed by atoms with Gasteiger partial charge in [-0.3, -0.25) is 4.79 Å². The normalized spacial score (nSPS) is 21.7. The molecule has 0 bridgehead atoms. The molecule has 2 aliphatic heterocycles. The highest BCUT2D eigenvalue weighted by Gasteiger charge is 2.35. The second-order valence-corrected chi connectivity index (χ2v) is 7.57. The van der Waals surface area contributed by atoms with Gasteiger partial charge in [0.25, 0.3) is 0 Å². The van der Waals surface area contributed by atoms with E-state index in [1.165, 1.54) is 0 Å². The Morgan fingerprint density at radius 2 is 2.04 bits per heavy atom. The molecule has 3 heterocycles. The van der Waals surface area contributed by atoms with Crippen molar-refractivity contribution in [3.05, 3.63) is 11.8 Å². The molecule has 1 aromatic rings. The number of aliphatic hydroxyl groups excluding tert-OH is 1. The Morgan fingerprint density at radius 1 is 1.31 bits per heavy atom. The quantitative estimate of drug-likeness (QED) is 0.795. The molecule has 0 spiro atoms. The van der Waals surface area contributed by atoms with Crippen LogP contribution in [0.3, 0.4) is 0 Å². The average molecular weight is 364 g/mol. The summed E-state index contributed by atoms with van der Waals surface area (Å²) in [5, 5.41) is 19.1. The summed E-state index contributed by atoms with van der Waals surface area (Å²) in [6, 6.07) is 0. The van der Waals surface area contributed by atoms with Crippen LogP contribution in [-0.2, 0) is 14.9 Å². The van der Waals surface area contributed by atoms with Crippen LogP contribution in [0.4, 0.5) is 11.8 Å². The maximum absolute atomic E-state index is 11.8. The summed E-state index contributed by atoms with van der Waals surface area (Å²) in [5.74, 6) is 0.613. The lowest BCUT2D eigenvalue weighted by molar-refractivity contribution is -0.142. The van der Waals surface area contributed by atoms with E-state index in [2.05, 4.69) is 14.8 Å². The number of aliphatic carboxylic acids is 1. The number of carbonyl (C=O) groups is 1. The minimum atomic E-state index is -1.08. The van der Waals surface area contributed by atoms with Crippen LogP contribution in [0.2, 0.25) is 0 Å². The monoisotopic (exact) mass is 364 g/mol. The summed E-state index contributed by atoms with van der Waals surface area (Å²) in [6.07, 6.45) is 3.65. The second kappa shape index (κ2) is 7.75. The fourth-order valence-corrected chi connectivity index (χ4v) is 3.48. The molecular weight excluding hydrogens is 336 g/mol. The standard InChI is InChI=1S/C18H28N4O4/c1-18(2,16(24)25)14-10-19-17(22-5-3-4-13(11-22)12-23)20-15(14)21-6-8-26-9-7-21/h10,13,23H,3-9,11-12H2,1-2H3,(H,24,25). The van der Waals surface area contributed by atoms with Crippen molar-refractivity contribution in [1.82, 2.24) is 9.97 Å². The molecule has 1 atom stereocenters. The molecule has 8 heteroatoms. The third-order valence-corrected chi connectivity index (χ3v) is 5.33. The maximum atomic E-state index is 11.8. The van der Waals surface area contributed by atoms with E-state index in [0.29, 0.717) is 43.6 Å². The number of hydrogen-bond acceptors (Lipinski definition) is 7. The number of aliphatic hydroxyl groups is 1. The summed E-state index contributed by atoms with van der Waals surface area (Å²) < 4.78 is 5.43. The molecule has 3 rings (SSSR count). The minimum absolute atomic E-state index is 0.164. The van der Waals surface area contributed by atoms with Gasteiger partial charge in [0.05, 0.1) is 18.6 Å². The van der Waals surface area contributed by atoms with Crippen molar-refractivity contribution in [1.29, 1.82) is 0 Å². The molecule has 1 unspecified atom stereocenters. The molecule has 26 heavy (non-hydrogen) atoms. The van der Waals surface area contributed by atoms with Crippen LogP contribution in [-0.4, -0.2) is 72.1 Å². The Labute approximate surface area is 153 Å². The van der Waals surface area contributed by atoms with Crippen LogP contribution in [0.25, 0.3) is 0 Å². The fourth-order valence-electron chi connectivity index (χ4n) is 3.48. The summed E-state index contributed by atoms with van der Waals surface area (Å²) in [5.41, 5.74) is -0.465. The van der Waals surface area contributed by atoms with E-state index in [0.717, 1.165) is 25.9 Å². The first-order chi connectivity index (χ1) is 12.4. The fraction of sp³-hybridized carbons (Fsp3) is 0.722. The zero-order chi connectivity index (χ0) is 18.7. The molecule has 0 aliphatic carbocycles. The van der Waals surface area contributed by atoms with Gasteiger partial charge in [0.1, 0.15) is 5.82 Å². The third-order valence-electron chi connectivity index (χ3n) is 5.33. The molecule has 2 aliphatic rings. The number of aromatic nitrogens is 2. The van der Waals surface area contributed by atoms with Crippen molar-refractivity contribution >= 4 is 17.7 Å². The molecule has 2 N–H and O–H groups in total. The number of anilines is 2. The lowest BCUT2D eigenvalue weighted by atomic mass is 9.85. The Kier molecular flexibility index (Phi) is 5.62. The largest absolute Gasteiger partial charge is 0.481 e. The maximum Gasteiger partial charge on any atom is 0.313 e. The topological polar surface area (TPSA) is 99.0 Å². The first kappa shape index (κ1) is 18.8. The van der Waals surface area contributed by atoms with Gasteiger partial charge in [-0.2, -0.15) is 4.98 Å². The van der Waals surface area contributed by atoms with E-state index in [9.17, 15) is 15.0 Å². The van der Waals surface area contributed by atoms with E-state index in [1.807, 2.05) is 0 Å².